The summed E-state index contributed by atoms with van der Waals surface area (Å²) in [7, 11) is 0. The second kappa shape index (κ2) is 8.04. The van der Waals surface area contributed by atoms with E-state index in [0.717, 1.165) is 48.9 Å². The molecule has 168 valence electrons. The van der Waals surface area contributed by atoms with Crippen LogP contribution >= 0.6 is 0 Å². The molecule has 2 aromatic carbocycles. The number of hydrogen-bond acceptors (Lipinski definition) is 4. The van der Waals surface area contributed by atoms with Gasteiger partial charge in [-0.1, -0.05) is 42.5 Å². The number of rotatable bonds is 6. The van der Waals surface area contributed by atoms with E-state index in [0.29, 0.717) is 24.8 Å². The summed E-state index contributed by atoms with van der Waals surface area (Å²) in [6, 6.07) is 17.6. The zero-order chi connectivity index (χ0) is 22.3. The Kier molecular flexibility index (Phi) is 5.32. The van der Waals surface area contributed by atoms with Crippen LogP contribution in [0.4, 0.5) is 5.69 Å². The maximum Gasteiger partial charge on any atom is 0.312 e. The number of hydrogen-bond donors (Lipinski definition) is 1. The molecule has 0 unspecified atom stereocenters. The number of nitrogens with zero attached hydrogens (tertiary/aromatic N) is 1. The lowest BCUT2D eigenvalue weighted by Crippen LogP contribution is -2.58. The van der Waals surface area contributed by atoms with E-state index in [2.05, 4.69) is 0 Å². The largest absolute Gasteiger partial charge is 0.455 e. The molecule has 2 aromatic rings. The van der Waals surface area contributed by atoms with Crippen LogP contribution < -0.4 is 4.90 Å². The van der Waals surface area contributed by atoms with Gasteiger partial charge in [-0.3, -0.25) is 9.59 Å². The van der Waals surface area contributed by atoms with Crippen LogP contribution in [0, 0.1) is 24.2 Å². The van der Waals surface area contributed by atoms with Crippen molar-refractivity contribution in [3.8, 4) is 0 Å². The molecule has 32 heavy (non-hydrogen) atoms. The fraction of sp³-hybridized carbons (Fsp3) is 0.481. The number of ether oxygens (including phenoxy) is 1. The van der Waals surface area contributed by atoms with Gasteiger partial charge >= 0.3 is 5.97 Å². The van der Waals surface area contributed by atoms with Gasteiger partial charge < -0.3 is 14.7 Å². The van der Waals surface area contributed by atoms with E-state index in [9.17, 15) is 14.7 Å². The van der Waals surface area contributed by atoms with Crippen LogP contribution in [0.3, 0.4) is 0 Å². The first-order chi connectivity index (χ1) is 15.3. The molecule has 0 radical (unpaired) electrons. The van der Waals surface area contributed by atoms with Gasteiger partial charge in [0.15, 0.2) is 6.61 Å². The average Bonchev–Trinajstić information content (AvgIpc) is 2.74. The molecular formula is C27H31NO4. The molecule has 0 saturated heterocycles. The number of benzene rings is 2. The number of aryl methyl sites for hydroxylation is 1. The van der Waals surface area contributed by atoms with Gasteiger partial charge in [-0.2, -0.15) is 0 Å². The fourth-order valence-corrected chi connectivity index (χ4v) is 6.70. The summed E-state index contributed by atoms with van der Waals surface area (Å²) in [4.78, 5) is 28.1. The van der Waals surface area contributed by atoms with Crippen molar-refractivity contribution >= 4 is 17.6 Å². The van der Waals surface area contributed by atoms with E-state index in [4.69, 9.17) is 4.74 Å². The van der Waals surface area contributed by atoms with Crippen molar-refractivity contribution in [1.82, 2.24) is 0 Å². The molecule has 5 heteroatoms. The highest BCUT2D eigenvalue weighted by Gasteiger charge is 2.60. The first kappa shape index (κ1) is 21.2. The molecule has 0 heterocycles. The van der Waals surface area contributed by atoms with Crippen LogP contribution in [-0.4, -0.2) is 29.2 Å². The molecule has 4 aliphatic carbocycles. The van der Waals surface area contributed by atoms with Crippen molar-refractivity contribution < 1.29 is 19.4 Å². The standard InChI is InChI=1S/C27H31NO4/c1-19-6-5-9-23(10-19)28(16-20-7-3-2-4-8-20)24(29)17-32-25(30)26-12-21-11-22(13-26)15-27(31,14-21)18-26/h2-10,21-22,31H,11-18H2,1H3/t21-,22-,26?,27?/m1/s1. The lowest BCUT2D eigenvalue weighted by atomic mass is 9.48. The van der Waals surface area contributed by atoms with E-state index < -0.39 is 11.0 Å². The number of carbonyl (C=O) groups is 2. The summed E-state index contributed by atoms with van der Waals surface area (Å²) in [6.45, 7) is 2.12. The summed E-state index contributed by atoms with van der Waals surface area (Å²) >= 11 is 0. The maximum absolute atomic E-state index is 13.3. The Morgan fingerprint density at radius 3 is 2.41 bits per heavy atom. The number of amides is 1. The van der Waals surface area contributed by atoms with Crippen LogP contribution in [0.15, 0.2) is 54.6 Å². The number of anilines is 1. The quantitative estimate of drug-likeness (QED) is 0.686. The van der Waals surface area contributed by atoms with E-state index in [-0.39, 0.29) is 18.5 Å². The van der Waals surface area contributed by atoms with Crippen molar-refractivity contribution in [3.63, 3.8) is 0 Å². The molecule has 4 aliphatic rings. The minimum absolute atomic E-state index is 0.240. The summed E-state index contributed by atoms with van der Waals surface area (Å²) in [5, 5.41) is 10.9. The topological polar surface area (TPSA) is 66.8 Å². The van der Waals surface area contributed by atoms with E-state index in [1.807, 2.05) is 61.5 Å². The second-order valence-corrected chi connectivity index (χ2v) is 10.3. The van der Waals surface area contributed by atoms with Gasteiger partial charge in [0.05, 0.1) is 17.6 Å². The smallest absolute Gasteiger partial charge is 0.312 e. The van der Waals surface area contributed by atoms with Crippen molar-refractivity contribution in [2.45, 2.75) is 57.6 Å². The Hall–Kier alpha value is -2.66. The van der Waals surface area contributed by atoms with Crippen LogP contribution in [0.2, 0.25) is 0 Å². The number of carbonyl (C=O) groups excluding carboxylic acids is 2. The Morgan fingerprint density at radius 1 is 1.03 bits per heavy atom. The highest BCUT2D eigenvalue weighted by molar-refractivity contribution is 5.95. The van der Waals surface area contributed by atoms with Crippen LogP contribution in [0.1, 0.15) is 49.7 Å². The molecule has 4 fully saturated rings. The molecule has 0 aromatic heterocycles. The van der Waals surface area contributed by atoms with Crippen molar-refractivity contribution in [2.24, 2.45) is 17.3 Å². The van der Waals surface area contributed by atoms with Gasteiger partial charge in [-0.15, -0.1) is 0 Å². The van der Waals surface area contributed by atoms with Crippen molar-refractivity contribution in [3.05, 3.63) is 65.7 Å². The predicted octanol–water partition coefficient (Wildman–Crippen LogP) is 4.40. The van der Waals surface area contributed by atoms with E-state index >= 15 is 0 Å². The third kappa shape index (κ3) is 4.06. The molecule has 5 nitrogen and oxygen atoms in total. The van der Waals surface area contributed by atoms with Crippen LogP contribution in [-0.2, 0) is 20.9 Å². The highest BCUT2D eigenvalue weighted by Crippen LogP contribution is 2.61. The Labute approximate surface area is 189 Å². The normalized spacial score (nSPS) is 30.2. The summed E-state index contributed by atoms with van der Waals surface area (Å²) in [6.07, 6.45) is 4.75. The minimum atomic E-state index is -0.728. The summed E-state index contributed by atoms with van der Waals surface area (Å²) in [5.41, 5.74) is 1.52. The molecule has 1 amide bonds. The van der Waals surface area contributed by atoms with Gasteiger partial charge in [0.25, 0.3) is 5.91 Å². The lowest BCUT2D eigenvalue weighted by molar-refractivity contribution is -0.196. The molecule has 0 aliphatic heterocycles. The SMILES string of the molecule is Cc1cccc(N(Cc2ccccc2)C(=O)COC(=O)C23C[C@H]4C[C@@H](CC(O)(C4)C2)C3)c1. The zero-order valence-electron chi connectivity index (χ0n) is 18.6. The highest BCUT2D eigenvalue weighted by atomic mass is 16.5. The summed E-state index contributed by atoms with van der Waals surface area (Å²) in [5.74, 6) is 0.247. The van der Waals surface area contributed by atoms with E-state index in [1.54, 1.807) is 4.90 Å². The predicted molar refractivity (Wildman–Crippen MR) is 122 cm³/mol. The monoisotopic (exact) mass is 433 g/mol. The summed E-state index contributed by atoms with van der Waals surface area (Å²) < 4.78 is 5.66. The lowest BCUT2D eigenvalue weighted by Gasteiger charge is -2.58. The van der Waals surface area contributed by atoms with Crippen LogP contribution in [0.5, 0.6) is 0 Å². The van der Waals surface area contributed by atoms with Gasteiger partial charge in [0.1, 0.15) is 0 Å². The third-order valence-corrected chi connectivity index (χ3v) is 7.59. The zero-order valence-corrected chi connectivity index (χ0v) is 18.6. The molecule has 4 bridgehead atoms. The molecule has 6 rings (SSSR count). The number of esters is 1. The Bertz CT molecular complexity index is 1000. The Balaban J connectivity index is 1.31. The van der Waals surface area contributed by atoms with Gasteiger partial charge in [-0.25, -0.2) is 0 Å². The van der Waals surface area contributed by atoms with Gasteiger partial charge in [0, 0.05) is 5.69 Å². The molecule has 1 N–H and O–H groups in total. The van der Waals surface area contributed by atoms with E-state index in [1.165, 1.54) is 0 Å². The van der Waals surface area contributed by atoms with Gasteiger partial charge in [0.2, 0.25) is 0 Å². The molecule has 2 atom stereocenters. The average molecular weight is 434 g/mol. The number of aliphatic hydroxyl groups is 1. The Morgan fingerprint density at radius 2 is 1.75 bits per heavy atom. The maximum atomic E-state index is 13.3. The second-order valence-electron chi connectivity index (χ2n) is 10.3. The molecular weight excluding hydrogens is 402 g/mol. The van der Waals surface area contributed by atoms with Crippen molar-refractivity contribution in [1.29, 1.82) is 0 Å². The third-order valence-electron chi connectivity index (χ3n) is 7.59. The van der Waals surface area contributed by atoms with Crippen LogP contribution in [0.25, 0.3) is 0 Å². The molecule has 0 spiro atoms. The fourth-order valence-electron chi connectivity index (χ4n) is 6.70. The first-order valence-electron chi connectivity index (χ1n) is 11.6. The van der Waals surface area contributed by atoms with Gasteiger partial charge in [-0.05, 0) is 80.5 Å². The first-order valence-corrected chi connectivity index (χ1v) is 11.6. The molecule has 4 saturated carbocycles. The minimum Gasteiger partial charge on any atom is -0.455 e. The van der Waals surface area contributed by atoms with Crippen molar-refractivity contribution in [2.75, 3.05) is 11.5 Å².